The maximum atomic E-state index is 12.2. The molecule has 1 rings (SSSR count). The van der Waals surface area contributed by atoms with Gasteiger partial charge in [-0.1, -0.05) is 12.8 Å². The van der Waals surface area contributed by atoms with Crippen molar-refractivity contribution < 1.29 is 31.1 Å². The Labute approximate surface area is 100 Å². The number of ether oxygens (including phenoxy) is 1. The van der Waals surface area contributed by atoms with Crippen LogP contribution in [-0.2, 0) is 4.74 Å². The molecule has 1 aliphatic carbocycles. The number of rotatable bonds is 4. The Morgan fingerprint density at radius 1 is 1.00 bits per heavy atom. The Hall–Kier alpha value is -0.500. The lowest BCUT2D eigenvalue weighted by atomic mass is 10.00. The van der Waals surface area contributed by atoms with Crippen LogP contribution in [0.15, 0.2) is 0 Å². The van der Waals surface area contributed by atoms with E-state index >= 15 is 0 Å². The summed E-state index contributed by atoms with van der Waals surface area (Å²) in [5.41, 5.74) is 5.55. The zero-order valence-electron chi connectivity index (χ0n) is 9.52. The SMILES string of the molecule is NC(COC(C(F)(F)F)C(F)(F)F)C1CCCC1. The van der Waals surface area contributed by atoms with Crippen molar-refractivity contribution in [3.05, 3.63) is 0 Å². The van der Waals surface area contributed by atoms with Gasteiger partial charge in [0.1, 0.15) is 0 Å². The van der Waals surface area contributed by atoms with Gasteiger partial charge in [-0.3, -0.25) is 0 Å². The Morgan fingerprint density at radius 3 is 1.83 bits per heavy atom. The maximum absolute atomic E-state index is 12.2. The van der Waals surface area contributed by atoms with Crippen LogP contribution in [0.4, 0.5) is 26.3 Å². The van der Waals surface area contributed by atoms with Crippen LogP contribution in [-0.4, -0.2) is 31.1 Å². The van der Waals surface area contributed by atoms with Crippen molar-refractivity contribution in [3.8, 4) is 0 Å². The van der Waals surface area contributed by atoms with Crippen molar-refractivity contribution in [2.24, 2.45) is 11.7 Å². The van der Waals surface area contributed by atoms with Gasteiger partial charge < -0.3 is 10.5 Å². The van der Waals surface area contributed by atoms with Crippen LogP contribution < -0.4 is 5.73 Å². The molecule has 0 radical (unpaired) electrons. The second kappa shape index (κ2) is 5.64. The Bertz CT molecular complexity index is 244. The molecule has 2 N–H and O–H groups in total. The van der Waals surface area contributed by atoms with Gasteiger partial charge >= 0.3 is 12.4 Å². The minimum atomic E-state index is -5.46. The van der Waals surface area contributed by atoms with Gasteiger partial charge in [0, 0.05) is 6.04 Å². The first kappa shape index (κ1) is 15.6. The average Bonchev–Trinajstić information content (AvgIpc) is 2.65. The van der Waals surface area contributed by atoms with Crippen molar-refractivity contribution >= 4 is 0 Å². The molecule has 1 unspecified atom stereocenters. The molecule has 0 spiro atoms. The highest BCUT2D eigenvalue weighted by atomic mass is 19.4. The quantitative estimate of drug-likeness (QED) is 0.803. The van der Waals surface area contributed by atoms with Gasteiger partial charge in [-0.2, -0.15) is 26.3 Å². The molecule has 0 aliphatic heterocycles. The fourth-order valence-electron chi connectivity index (χ4n) is 2.10. The van der Waals surface area contributed by atoms with E-state index in [2.05, 4.69) is 4.74 Å². The van der Waals surface area contributed by atoms with Crippen molar-refractivity contribution in [2.45, 2.75) is 50.2 Å². The van der Waals surface area contributed by atoms with E-state index in [0.717, 1.165) is 25.7 Å². The van der Waals surface area contributed by atoms with Gasteiger partial charge in [0.25, 0.3) is 0 Å². The van der Waals surface area contributed by atoms with Crippen LogP contribution in [0.25, 0.3) is 0 Å². The summed E-state index contributed by atoms with van der Waals surface area (Å²) in [6, 6.07) is -0.778. The zero-order chi connectivity index (χ0) is 14.0. The minimum absolute atomic E-state index is 0.0490. The number of alkyl halides is 6. The second-order valence-corrected chi connectivity index (χ2v) is 4.50. The molecule has 0 bridgehead atoms. The highest BCUT2D eigenvalue weighted by Crippen LogP contribution is 2.36. The third-order valence-electron chi connectivity index (χ3n) is 3.06. The molecule has 1 saturated carbocycles. The van der Waals surface area contributed by atoms with E-state index < -0.39 is 31.1 Å². The van der Waals surface area contributed by atoms with E-state index in [1.54, 1.807) is 0 Å². The van der Waals surface area contributed by atoms with Gasteiger partial charge in [0.2, 0.25) is 6.10 Å². The highest BCUT2D eigenvalue weighted by Gasteiger charge is 2.58. The molecule has 0 aromatic carbocycles. The highest BCUT2D eigenvalue weighted by molar-refractivity contribution is 4.81. The number of hydrogen-bond acceptors (Lipinski definition) is 2. The fraction of sp³-hybridized carbons (Fsp3) is 1.00. The smallest absolute Gasteiger partial charge is 0.359 e. The van der Waals surface area contributed by atoms with Crippen LogP contribution in [0.5, 0.6) is 0 Å². The molecule has 1 aliphatic rings. The molecular formula is C10H15F6NO. The lowest BCUT2D eigenvalue weighted by Crippen LogP contribution is -2.47. The van der Waals surface area contributed by atoms with Crippen LogP contribution >= 0.6 is 0 Å². The molecule has 18 heavy (non-hydrogen) atoms. The second-order valence-electron chi connectivity index (χ2n) is 4.50. The van der Waals surface area contributed by atoms with Crippen molar-refractivity contribution in [1.29, 1.82) is 0 Å². The van der Waals surface area contributed by atoms with Gasteiger partial charge in [0.15, 0.2) is 0 Å². The first-order valence-corrected chi connectivity index (χ1v) is 5.63. The predicted octanol–water partition coefficient (Wildman–Crippen LogP) is 3.01. The molecule has 2 nitrogen and oxygen atoms in total. The molecule has 1 fully saturated rings. The molecule has 1 atom stereocenters. The van der Waals surface area contributed by atoms with Crippen molar-refractivity contribution in [2.75, 3.05) is 6.61 Å². The van der Waals surface area contributed by atoms with E-state index in [-0.39, 0.29) is 5.92 Å². The van der Waals surface area contributed by atoms with Gasteiger partial charge in [-0.15, -0.1) is 0 Å². The number of nitrogens with two attached hydrogens (primary N) is 1. The lowest BCUT2D eigenvalue weighted by Gasteiger charge is -2.26. The summed E-state index contributed by atoms with van der Waals surface area (Å²) in [7, 11) is 0. The van der Waals surface area contributed by atoms with Crippen LogP contribution in [0.2, 0.25) is 0 Å². The van der Waals surface area contributed by atoms with Crippen LogP contribution in [0.3, 0.4) is 0 Å². The van der Waals surface area contributed by atoms with E-state index in [4.69, 9.17) is 5.73 Å². The van der Waals surface area contributed by atoms with E-state index in [0.29, 0.717) is 0 Å². The molecule has 0 amide bonds. The Morgan fingerprint density at radius 2 is 1.44 bits per heavy atom. The predicted molar refractivity (Wildman–Crippen MR) is 51.8 cm³/mol. The summed E-state index contributed by atoms with van der Waals surface area (Å²) in [6.45, 7) is -0.728. The third-order valence-corrected chi connectivity index (χ3v) is 3.06. The summed E-state index contributed by atoms with van der Waals surface area (Å²) in [4.78, 5) is 0. The molecule has 0 saturated heterocycles. The van der Waals surface area contributed by atoms with Crippen LogP contribution in [0.1, 0.15) is 25.7 Å². The Kier molecular flexibility index (Phi) is 4.88. The first-order chi connectivity index (χ1) is 8.12. The molecule has 108 valence electrons. The number of halogens is 6. The van der Waals surface area contributed by atoms with E-state index in [9.17, 15) is 26.3 Å². The van der Waals surface area contributed by atoms with E-state index in [1.165, 1.54) is 0 Å². The molecule has 0 aromatic heterocycles. The topological polar surface area (TPSA) is 35.2 Å². The van der Waals surface area contributed by atoms with Gasteiger partial charge in [0.05, 0.1) is 6.61 Å². The average molecular weight is 279 g/mol. The van der Waals surface area contributed by atoms with E-state index in [1.807, 2.05) is 0 Å². The molecular weight excluding hydrogens is 264 g/mol. The maximum Gasteiger partial charge on any atom is 0.423 e. The normalized spacial score (nSPS) is 20.7. The monoisotopic (exact) mass is 279 g/mol. The summed E-state index contributed by atoms with van der Waals surface area (Å²) in [6.07, 6.45) is -11.4. The molecule has 8 heteroatoms. The number of hydrogen-bond donors (Lipinski definition) is 1. The van der Waals surface area contributed by atoms with Crippen molar-refractivity contribution in [1.82, 2.24) is 0 Å². The molecule has 0 aromatic rings. The molecule has 0 heterocycles. The summed E-state index contributed by atoms with van der Waals surface area (Å²) in [5, 5.41) is 0. The first-order valence-electron chi connectivity index (χ1n) is 5.63. The minimum Gasteiger partial charge on any atom is -0.359 e. The summed E-state index contributed by atoms with van der Waals surface area (Å²) in [5.74, 6) is -0.0490. The zero-order valence-corrected chi connectivity index (χ0v) is 9.52. The Balaban J connectivity index is 2.52. The standard InChI is InChI=1S/C10H15F6NO/c11-9(12,13)8(10(14,15)16)18-5-7(17)6-3-1-2-4-6/h6-8H,1-5,17H2. The van der Waals surface area contributed by atoms with Crippen molar-refractivity contribution in [3.63, 3.8) is 0 Å². The van der Waals surface area contributed by atoms with Gasteiger partial charge in [-0.05, 0) is 18.8 Å². The summed E-state index contributed by atoms with van der Waals surface area (Å²) >= 11 is 0. The summed E-state index contributed by atoms with van der Waals surface area (Å²) < 4.78 is 76.9. The van der Waals surface area contributed by atoms with Crippen LogP contribution in [0, 0.1) is 5.92 Å². The van der Waals surface area contributed by atoms with Gasteiger partial charge in [-0.25, -0.2) is 0 Å². The lowest BCUT2D eigenvalue weighted by molar-refractivity contribution is -0.322. The largest absolute Gasteiger partial charge is 0.423 e. The fourth-order valence-corrected chi connectivity index (χ4v) is 2.10. The third kappa shape index (κ3) is 4.31.